The van der Waals surface area contributed by atoms with Crippen LogP contribution in [-0.4, -0.2) is 37.4 Å². The van der Waals surface area contributed by atoms with E-state index in [1.807, 2.05) is 31.2 Å². The van der Waals surface area contributed by atoms with Crippen LogP contribution in [0.4, 0.5) is 15.8 Å². The van der Waals surface area contributed by atoms with Crippen LogP contribution in [0.2, 0.25) is 0 Å². The van der Waals surface area contributed by atoms with E-state index < -0.39 is 5.82 Å². The van der Waals surface area contributed by atoms with Gasteiger partial charge < -0.3 is 20.9 Å². The number of rotatable bonds is 7. The third-order valence-corrected chi connectivity index (χ3v) is 4.61. The highest BCUT2D eigenvalue weighted by atomic mass is 127. The van der Waals surface area contributed by atoms with Crippen molar-refractivity contribution in [2.45, 2.75) is 26.3 Å². The van der Waals surface area contributed by atoms with Crippen LogP contribution >= 0.6 is 24.0 Å². The standard InChI is InChI=1S/C22H26FN5O2.HI/c1-2-24-22(26-15-20(29)27-18-6-3-5-17(23)13-18)25-14-16-8-10-19(11-9-16)28-12-4-7-21(28)30;/h3,5-6,8-11,13H,2,4,7,12,14-15H2,1H3,(H,27,29)(H2,24,25,26);1H. The summed E-state index contributed by atoms with van der Waals surface area (Å²) in [5.41, 5.74) is 2.30. The zero-order valence-electron chi connectivity index (χ0n) is 17.4. The molecule has 1 fully saturated rings. The van der Waals surface area contributed by atoms with Gasteiger partial charge in [0, 0.05) is 30.9 Å². The van der Waals surface area contributed by atoms with Crippen molar-refractivity contribution in [3.8, 4) is 0 Å². The first-order valence-electron chi connectivity index (χ1n) is 10.0. The SMILES string of the molecule is CCNC(=NCc1ccc(N2CCCC2=O)cc1)NCC(=O)Nc1cccc(F)c1.I. The predicted octanol–water partition coefficient (Wildman–Crippen LogP) is 3.26. The molecule has 9 heteroatoms. The minimum absolute atomic E-state index is 0. The average Bonchev–Trinajstić information content (AvgIpc) is 3.16. The number of carbonyl (C=O) groups excluding carboxylic acids is 2. The Morgan fingerprint density at radius 2 is 1.94 bits per heavy atom. The summed E-state index contributed by atoms with van der Waals surface area (Å²) in [6.45, 7) is 3.77. The van der Waals surface area contributed by atoms with E-state index in [9.17, 15) is 14.0 Å². The molecule has 3 rings (SSSR count). The van der Waals surface area contributed by atoms with Crippen LogP contribution in [0.15, 0.2) is 53.5 Å². The molecule has 2 aromatic carbocycles. The number of guanidine groups is 1. The number of aliphatic imine (C=N–C) groups is 1. The molecule has 0 atom stereocenters. The van der Waals surface area contributed by atoms with Crippen LogP contribution in [-0.2, 0) is 16.1 Å². The predicted molar refractivity (Wildman–Crippen MR) is 131 cm³/mol. The molecule has 2 aromatic rings. The van der Waals surface area contributed by atoms with Crippen LogP contribution in [0.3, 0.4) is 0 Å². The molecule has 7 nitrogen and oxygen atoms in total. The molecule has 0 radical (unpaired) electrons. The summed E-state index contributed by atoms with van der Waals surface area (Å²) in [7, 11) is 0. The summed E-state index contributed by atoms with van der Waals surface area (Å²) in [5.74, 6) is -0.0387. The third kappa shape index (κ3) is 7.50. The molecule has 1 heterocycles. The van der Waals surface area contributed by atoms with Gasteiger partial charge in [-0.15, -0.1) is 24.0 Å². The lowest BCUT2D eigenvalue weighted by Gasteiger charge is -2.16. The fraction of sp³-hybridized carbons (Fsp3) is 0.318. The van der Waals surface area contributed by atoms with Crippen LogP contribution in [0.5, 0.6) is 0 Å². The van der Waals surface area contributed by atoms with Gasteiger partial charge in [0.05, 0.1) is 13.1 Å². The molecule has 3 N–H and O–H groups in total. The van der Waals surface area contributed by atoms with Gasteiger partial charge in [-0.1, -0.05) is 18.2 Å². The largest absolute Gasteiger partial charge is 0.357 e. The molecule has 1 aliphatic heterocycles. The summed E-state index contributed by atoms with van der Waals surface area (Å²) in [6.07, 6.45) is 1.51. The molecule has 0 unspecified atom stereocenters. The van der Waals surface area contributed by atoms with Crippen LogP contribution < -0.4 is 20.9 Å². The lowest BCUT2D eigenvalue weighted by molar-refractivity contribution is -0.117. The van der Waals surface area contributed by atoms with Gasteiger partial charge in [0.25, 0.3) is 0 Å². The molecule has 31 heavy (non-hydrogen) atoms. The minimum atomic E-state index is -0.407. The van der Waals surface area contributed by atoms with Gasteiger partial charge in [0.15, 0.2) is 5.96 Å². The van der Waals surface area contributed by atoms with E-state index in [2.05, 4.69) is 20.9 Å². The maximum Gasteiger partial charge on any atom is 0.243 e. The maximum atomic E-state index is 13.2. The van der Waals surface area contributed by atoms with Crippen molar-refractivity contribution in [1.29, 1.82) is 0 Å². The van der Waals surface area contributed by atoms with Crippen molar-refractivity contribution in [2.75, 3.05) is 29.9 Å². The summed E-state index contributed by atoms with van der Waals surface area (Å²) < 4.78 is 13.2. The second kappa shape index (κ2) is 12.2. The highest BCUT2D eigenvalue weighted by Crippen LogP contribution is 2.21. The van der Waals surface area contributed by atoms with Crippen molar-refractivity contribution in [2.24, 2.45) is 4.99 Å². The van der Waals surface area contributed by atoms with Crippen molar-refractivity contribution in [1.82, 2.24) is 10.6 Å². The topological polar surface area (TPSA) is 85.8 Å². The van der Waals surface area contributed by atoms with E-state index in [4.69, 9.17) is 0 Å². The smallest absolute Gasteiger partial charge is 0.243 e. The van der Waals surface area contributed by atoms with E-state index in [0.29, 0.717) is 31.2 Å². The summed E-state index contributed by atoms with van der Waals surface area (Å²) in [6, 6.07) is 13.5. The fourth-order valence-electron chi connectivity index (χ4n) is 3.15. The highest BCUT2D eigenvalue weighted by Gasteiger charge is 2.21. The Morgan fingerprint density at radius 3 is 2.58 bits per heavy atom. The van der Waals surface area contributed by atoms with E-state index in [-0.39, 0.29) is 42.3 Å². The van der Waals surface area contributed by atoms with E-state index in [0.717, 1.165) is 24.2 Å². The van der Waals surface area contributed by atoms with Crippen LogP contribution in [0, 0.1) is 5.82 Å². The number of hydrogen-bond acceptors (Lipinski definition) is 3. The number of carbonyl (C=O) groups is 2. The van der Waals surface area contributed by atoms with Gasteiger partial charge in [0.2, 0.25) is 11.8 Å². The molecule has 166 valence electrons. The quantitative estimate of drug-likeness (QED) is 0.287. The Morgan fingerprint density at radius 1 is 1.16 bits per heavy atom. The molecular formula is C22H27FIN5O2. The van der Waals surface area contributed by atoms with Crippen LogP contribution in [0.1, 0.15) is 25.3 Å². The lowest BCUT2D eigenvalue weighted by Crippen LogP contribution is -2.41. The molecule has 1 aliphatic rings. The second-order valence-electron chi connectivity index (χ2n) is 6.92. The van der Waals surface area contributed by atoms with Crippen molar-refractivity contribution < 1.29 is 14.0 Å². The Kier molecular flexibility index (Phi) is 9.70. The molecule has 0 saturated carbocycles. The second-order valence-corrected chi connectivity index (χ2v) is 6.92. The summed E-state index contributed by atoms with van der Waals surface area (Å²) in [4.78, 5) is 30.2. The first kappa shape index (κ1) is 24.6. The molecular weight excluding hydrogens is 512 g/mol. The molecule has 0 aliphatic carbocycles. The Labute approximate surface area is 198 Å². The van der Waals surface area contributed by atoms with E-state index in [1.165, 1.54) is 18.2 Å². The van der Waals surface area contributed by atoms with Crippen molar-refractivity contribution in [3.63, 3.8) is 0 Å². The number of benzene rings is 2. The number of nitrogens with one attached hydrogen (secondary N) is 3. The molecule has 1 saturated heterocycles. The summed E-state index contributed by atoms with van der Waals surface area (Å²) in [5, 5.41) is 8.69. The van der Waals surface area contributed by atoms with Crippen molar-refractivity contribution in [3.05, 3.63) is 59.9 Å². The average molecular weight is 539 g/mol. The first-order chi connectivity index (χ1) is 14.5. The van der Waals surface area contributed by atoms with E-state index in [1.54, 1.807) is 11.0 Å². The lowest BCUT2D eigenvalue weighted by atomic mass is 10.2. The molecule has 2 amide bonds. The van der Waals surface area contributed by atoms with Gasteiger partial charge in [0.1, 0.15) is 5.82 Å². The van der Waals surface area contributed by atoms with Gasteiger partial charge in [-0.25, -0.2) is 9.38 Å². The maximum absolute atomic E-state index is 13.2. The monoisotopic (exact) mass is 539 g/mol. The summed E-state index contributed by atoms with van der Waals surface area (Å²) >= 11 is 0. The van der Waals surface area contributed by atoms with Gasteiger partial charge >= 0.3 is 0 Å². The van der Waals surface area contributed by atoms with Gasteiger partial charge in [-0.2, -0.15) is 0 Å². The number of halogens is 2. The number of hydrogen-bond donors (Lipinski definition) is 3. The zero-order chi connectivity index (χ0) is 21.3. The van der Waals surface area contributed by atoms with E-state index >= 15 is 0 Å². The van der Waals surface area contributed by atoms with Crippen molar-refractivity contribution >= 4 is 53.1 Å². The fourth-order valence-corrected chi connectivity index (χ4v) is 3.15. The van der Waals surface area contributed by atoms with Gasteiger partial charge in [-0.05, 0) is 49.2 Å². The van der Waals surface area contributed by atoms with Gasteiger partial charge in [-0.3, -0.25) is 9.59 Å². The Hall–Kier alpha value is -2.69. The number of nitrogens with zero attached hydrogens (tertiary/aromatic N) is 2. The first-order valence-corrected chi connectivity index (χ1v) is 10.0. The highest BCUT2D eigenvalue weighted by molar-refractivity contribution is 14.0. The Bertz CT molecular complexity index is 920. The number of anilines is 2. The minimum Gasteiger partial charge on any atom is -0.357 e. The normalized spacial score (nSPS) is 13.5. The Balaban J connectivity index is 0.00000341. The zero-order valence-corrected chi connectivity index (χ0v) is 19.7. The molecule has 0 bridgehead atoms. The molecule has 0 aromatic heterocycles. The molecule has 0 spiro atoms. The van der Waals surface area contributed by atoms with Crippen LogP contribution in [0.25, 0.3) is 0 Å². The number of amides is 2. The third-order valence-electron chi connectivity index (χ3n) is 4.61.